The largest absolute Gasteiger partial charge is 0.389 e. The van der Waals surface area contributed by atoms with Crippen molar-refractivity contribution in [3.8, 4) is 0 Å². The Morgan fingerprint density at radius 1 is 1.18 bits per heavy atom. The Bertz CT molecular complexity index is 330. The zero-order valence-electron chi connectivity index (χ0n) is 12.1. The van der Waals surface area contributed by atoms with Gasteiger partial charge in [0, 0.05) is 0 Å². The van der Waals surface area contributed by atoms with Gasteiger partial charge >= 0.3 is 0 Å². The summed E-state index contributed by atoms with van der Waals surface area (Å²) in [6, 6.07) is 0. The summed E-state index contributed by atoms with van der Waals surface area (Å²) in [5.41, 5.74) is 1.60. The average Bonchev–Trinajstić information content (AvgIpc) is 2.51. The van der Waals surface area contributed by atoms with E-state index in [1.165, 1.54) is 12.8 Å². The van der Waals surface area contributed by atoms with E-state index in [0.717, 1.165) is 17.9 Å². The van der Waals surface area contributed by atoms with Crippen molar-refractivity contribution in [2.24, 2.45) is 28.6 Å². The van der Waals surface area contributed by atoms with E-state index in [1.807, 2.05) is 0 Å². The Balaban J connectivity index is 2.47. The van der Waals surface area contributed by atoms with E-state index in [9.17, 15) is 5.11 Å². The molecule has 0 amide bonds. The molecule has 2 rings (SSSR count). The van der Waals surface area contributed by atoms with Gasteiger partial charge < -0.3 is 5.11 Å². The van der Waals surface area contributed by atoms with E-state index in [-0.39, 0.29) is 16.9 Å². The predicted octanol–water partition coefficient (Wildman–Crippen LogP) is 4.02. The Labute approximate surface area is 106 Å². The van der Waals surface area contributed by atoms with Crippen LogP contribution in [0.4, 0.5) is 0 Å². The molecule has 0 aromatic rings. The first-order valence-electron chi connectivity index (χ1n) is 7.08. The summed E-state index contributed by atoms with van der Waals surface area (Å²) in [6.07, 6.45) is 3.23. The zero-order chi connectivity index (χ0) is 13.0. The number of hydrogen-bond acceptors (Lipinski definition) is 1. The molecule has 0 aromatic carbocycles. The second-order valence-electron chi connectivity index (χ2n) is 7.37. The van der Waals surface area contributed by atoms with Gasteiger partial charge in [-0.3, -0.25) is 0 Å². The molecule has 2 aliphatic rings. The van der Waals surface area contributed by atoms with Crippen LogP contribution in [0.3, 0.4) is 0 Å². The van der Waals surface area contributed by atoms with E-state index in [2.05, 4.69) is 41.2 Å². The molecule has 0 bridgehead atoms. The number of hydrogen-bond donors (Lipinski definition) is 1. The number of aliphatic hydroxyl groups excluding tert-OH is 1. The van der Waals surface area contributed by atoms with Crippen LogP contribution in [0.1, 0.15) is 53.9 Å². The average molecular weight is 236 g/mol. The monoisotopic (exact) mass is 236 g/mol. The van der Waals surface area contributed by atoms with Gasteiger partial charge in [0.1, 0.15) is 0 Å². The molecule has 0 aromatic heterocycles. The maximum Gasteiger partial charge on any atom is 0.0755 e. The van der Waals surface area contributed by atoms with Crippen LogP contribution in [0.15, 0.2) is 12.2 Å². The molecule has 0 saturated heterocycles. The molecule has 2 aliphatic carbocycles. The molecule has 17 heavy (non-hydrogen) atoms. The van der Waals surface area contributed by atoms with Crippen LogP contribution in [0.2, 0.25) is 0 Å². The summed E-state index contributed by atoms with van der Waals surface area (Å²) in [4.78, 5) is 0. The predicted molar refractivity (Wildman–Crippen MR) is 72.7 cm³/mol. The van der Waals surface area contributed by atoms with Gasteiger partial charge in [0.05, 0.1) is 6.10 Å². The lowest BCUT2D eigenvalue weighted by atomic mass is 9.60. The van der Waals surface area contributed by atoms with E-state index in [4.69, 9.17) is 0 Å². The van der Waals surface area contributed by atoms with Crippen LogP contribution in [-0.2, 0) is 0 Å². The van der Waals surface area contributed by atoms with Crippen LogP contribution < -0.4 is 0 Å². The number of rotatable bonds is 0. The molecule has 1 N–H and O–H groups in total. The normalized spacial score (nSPS) is 49.9. The van der Waals surface area contributed by atoms with E-state index < -0.39 is 0 Å². The highest BCUT2D eigenvalue weighted by Gasteiger charge is 2.55. The van der Waals surface area contributed by atoms with Crippen molar-refractivity contribution in [3.05, 3.63) is 12.2 Å². The standard InChI is InChI=1S/C16H28O/c1-10-7-8-14-15(4,5)12(3)11(2)13(17)9-16(10,14)6/h10,12-14,17H,2,7-9H2,1,3-6H3/t10?,12-,13?,14?,16+/m0/s1. The highest BCUT2D eigenvalue weighted by molar-refractivity contribution is 5.18. The van der Waals surface area contributed by atoms with E-state index >= 15 is 0 Å². The van der Waals surface area contributed by atoms with Gasteiger partial charge in [-0.05, 0) is 53.4 Å². The SMILES string of the molecule is C=C1C(O)C[C@]2(C)C(C)CCC2C(C)(C)[C@H]1C. The fraction of sp³-hybridized carbons (Fsp3) is 0.875. The third kappa shape index (κ3) is 1.69. The first kappa shape index (κ1) is 13.1. The van der Waals surface area contributed by atoms with Gasteiger partial charge in [-0.25, -0.2) is 0 Å². The molecule has 0 aliphatic heterocycles. The van der Waals surface area contributed by atoms with Gasteiger partial charge in [0.25, 0.3) is 0 Å². The van der Waals surface area contributed by atoms with Crippen molar-refractivity contribution >= 4 is 0 Å². The molecule has 3 unspecified atom stereocenters. The van der Waals surface area contributed by atoms with Gasteiger partial charge in [0.2, 0.25) is 0 Å². The summed E-state index contributed by atoms with van der Waals surface area (Å²) in [7, 11) is 0. The molecule has 98 valence electrons. The topological polar surface area (TPSA) is 20.2 Å². The van der Waals surface area contributed by atoms with Crippen molar-refractivity contribution in [1.29, 1.82) is 0 Å². The van der Waals surface area contributed by atoms with Crippen molar-refractivity contribution in [2.75, 3.05) is 0 Å². The Kier molecular flexibility index (Phi) is 2.97. The smallest absolute Gasteiger partial charge is 0.0755 e. The fourth-order valence-corrected chi connectivity index (χ4v) is 4.60. The lowest BCUT2D eigenvalue weighted by Gasteiger charge is -2.44. The molecule has 2 saturated carbocycles. The van der Waals surface area contributed by atoms with Gasteiger partial charge in [-0.15, -0.1) is 0 Å². The molecule has 1 heteroatoms. The second kappa shape index (κ2) is 3.85. The zero-order valence-corrected chi connectivity index (χ0v) is 12.1. The van der Waals surface area contributed by atoms with E-state index in [0.29, 0.717) is 11.8 Å². The Morgan fingerprint density at radius 2 is 1.76 bits per heavy atom. The van der Waals surface area contributed by atoms with Crippen LogP contribution >= 0.6 is 0 Å². The van der Waals surface area contributed by atoms with Crippen molar-refractivity contribution in [3.63, 3.8) is 0 Å². The minimum absolute atomic E-state index is 0.258. The number of aliphatic hydroxyl groups is 1. The minimum Gasteiger partial charge on any atom is -0.389 e. The molecule has 1 nitrogen and oxygen atoms in total. The Morgan fingerprint density at radius 3 is 2.35 bits per heavy atom. The van der Waals surface area contributed by atoms with Gasteiger partial charge in [-0.1, -0.05) is 41.2 Å². The third-order valence-electron chi connectivity index (χ3n) is 6.44. The maximum absolute atomic E-state index is 10.4. The van der Waals surface area contributed by atoms with E-state index in [1.54, 1.807) is 0 Å². The van der Waals surface area contributed by atoms with Gasteiger partial charge in [-0.2, -0.15) is 0 Å². The molecule has 0 heterocycles. The summed E-state index contributed by atoms with van der Waals surface area (Å²) in [5, 5.41) is 10.4. The lowest BCUT2D eigenvalue weighted by molar-refractivity contribution is 0.0321. The van der Waals surface area contributed by atoms with Crippen molar-refractivity contribution in [1.82, 2.24) is 0 Å². The van der Waals surface area contributed by atoms with Crippen LogP contribution in [0, 0.1) is 28.6 Å². The molecule has 0 radical (unpaired) electrons. The molecule has 0 spiro atoms. The summed E-state index contributed by atoms with van der Waals surface area (Å²) in [6.45, 7) is 15.9. The van der Waals surface area contributed by atoms with Crippen LogP contribution in [0.25, 0.3) is 0 Å². The molecular formula is C16H28O. The quantitative estimate of drug-likeness (QED) is 0.630. The maximum atomic E-state index is 10.4. The first-order valence-corrected chi connectivity index (χ1v) is 7.08. The summed E-state index contributed by atoms with van der Waals surface area (Å²) >= 11 is 0. The highest BCUT2D eigenvalue weighted by Crippen LogP contribution is 2.62. The Hall–Kier alpha value is -0.300. The van der Waals surface area contributed by atoms with Crippen molar-refractivity contribution in [2.45, 2.75) is 60.0 Å². The molecule has 5 atom stereocenters. The summed E-state index contributed by atoms with van der Waals surface area (Å²) in [5.74, 6) is 1.85. The van der Waals surface area contributed by atoms with Crippen LogP contribution in [-0.4, -0.2) is 11.2 Å². The van der Waals surface area contributed by atoms with Crippen molar-refractivity contribution < 1.29 is 5.11 Å². The first-order chi connectivity index (χ1) is 7.71. The van der Waals surface area contributed by atoms with Gasteiger partial charge in [0.15, 0.2) is 0 Å². The molecular weight excluding hydrogens is 208 g/mol. The summed E-state index contributed by atoms with van der Waals surface area (Å²) < 4.78 is 0. The molecule has 2 fully saturated rings. The fourth-order valence-electron chi connectivity index (χ4n) is 4.60. The highest BCUT2D eigenvalue weighted by atomic mass is 16.3. The lowest BCUT2D eigenvalue weighted by Crippen LogP contribution is -2.38. The minimum atomic E-state index is -0.306. The van der Waals surface area contributed by atoms with Crippen LogP contribution in [0.5, 0.6) is 0 Å². The third-order valence-corrected chi connectivity index (χ3v) is 6.44. The number of fused-ring (bicyclic) bond motifs is 1. The second-order valence-corrected chi connectivity index (χ2v) is 7.37.